The second kappa shape index (κ2) is 8.68. The number of carbonyl (C=O) groups excluding carboxylic acids is 2. The average molecular weight is 406 g/mol. The van der Waals surface area contributed by atoms with Gasteiger partial charge in [-0.25, -0.2) is 19.6 Å². The van der Waals surface area contributed by atoms with E-state index in [0.717, 1.165) is 25.2 Å². The average Bonchev–Trinajstić information content (AvgIpc) is 3.29. The van der Waals surface area contributed by atoms with Crippen LogP contribution in [0.15, 0.2) is 49.3 Å². The normalized spacial score (nSPS) is 16.2. The van der Waals surface area contributed by atoms with E-state index in [1.54, 1.807) is 35.3 Å². The summed E-state index contributed by atoms with van der Waals surface area (Å²) in [5.41, 5.74) is 1.30. The molecule has 0 aliphatic carbocycles. The molecule has 0 radical (unpaired) electrons. The Hall–Kier alpha value is -3.82. The summed E-state index contributed by atoms with van der Waals surface area (Å²) in [6, 6.07) is 8.96. The fraction of sp³-hybridized carbons (Fsp3) is 0.300. The zero-order valence-electron chi connectivity index (χ0n) is 16.5. The van der Waals surface area contributed by atoms with Crippen LogP contribution in [0.2, 0.25) is 0 Å². The lowest BCUT2D eigenvalue weighted by Crippen LogP contribution is -2.41. The third-order valence-electron chi connectivity index (χ3n) is 4.86. The van der Waals surface area contributed by atoms with Crippen molar-refractivity contribution in [3.63, 3.8) is 0 Å². The summed E-state index contributed by atoms with van der Waals surface area (Å²) in [5, 5.41) is 9.77. The lowest BCUT2D eigenvalue weighted by Gasteiger charge is -2.32. The topological polar surface area (TPSA) is 118 Å². The molecule has 1 aliphatic heterocycles. The molecule has 1 saturated heterocycles. The predicted molar refractivity (Wildman–Crippen MR) is 111 cm³/mol. The molecular weight excluding hydrogens is 384 g/mol. The second-order valence-corrected chi connectivity index (χ2v) is 7.11. The van der Waals surface area contributed by atoms with Gasteiger partial charge in [-0.1, -0.05) is 6.07 Å². The van der Waals surface area contributed by atoms with E-state index >= 15 is 0 Å². The van der Waals surface area contributed by atoms with Gasteiger partial charge in [-0.2, -0.15) is 5.10 Å². The number of nitrogens with zero attached hydrogens (tertiary/aromatic N) is 6. The summed E-state index contributed by atoms with van der Waals surface area (Å²) in [6.07, 6.45) is 6.20. The molecule has 2 aromatic heterocycles. The number of anilines is 3. The van der Waals surface area contributed by atoms with Crippen LogP contribution in [0.1, 0.15) is 19.8 Å². The minimum Gasteiger partial charge on any atom is -0.356 e. The zero-order valence-corrected chi connectivity index (χ0v) is 16.5. The Labute approximate surface area is 173 Å². The number of aromatic nitrogens is 5. The van der Waals surface area contributed by atoms with Gasteiger partial charge in [0.2, 0.25) is 11.8 Å². The minimum absolute atomic E-state index is 0.0507. The number of rotatable bonds is 5. The van der Waals surface area contributed by atoms with E-state index in [0.29, 0.717) is 23.7 Å². The Kier molecular flexibility index (Phi) is 5.64. The van der Waals surface area contributed by atoms with Gasteiger partial charge in [-0.15, -0.1) is 0 Å². The van der Waals surface area contributed by atoms with Gasteiger partial charge in [0.1, 0.15) is 24.8 Å². The molecule has 1 unspecified atom stereocenters. The van der Waals surface area contributed by atoms with Crippen LogP contribution in [-0.4, -0.2) is 49.6 Å². The van der Waals surface area contributed by atoms with Crippen molar-refractivity contribution < 1.29 is 9.59 Å². The third kappa shape index (κ3) is 4.59. The highest BCUT2D eigenvalue weighted by Crippen LogP contribution is 2.24. The van der Waals surface area contributed by atoms with E-state index < -0.39 is 0 Å². The number of carbonyl (C=O) groups is 2. The number of nitrogens with one attached hydrogen (secondary N) is 2. The molecule has 4 rings (SSSR count). The van der Waals surface area contributed by atoms with Crippen molar-refractivity contribution in [2.24, 2.45) is 5.92 Å². The molecule has 30 heavy (non-hydrogen) atoms. The van der Waals surface area contributed by atoms with Crippen molar-refractivity contribution in [3.8, 4) is 5.82 Å². The van der Waals surface area contributed by atoms with Crippen LogP contribution >= 0.6 is 0 Å². The largest absolute Gasteiger partial charge is 0.356 e. The number of hydrogen-bond acceptors (Lipinski definition) is 7. The summed E-state index contributed by atoms with van der Waals surface area (Å²) < 4.78 is 1.57. The Morgan fingerprint density at radius 2 is 1.87 bits per heavy atom. The van der Waals surface area contributed by atoms with Crippen molar-refractivity contribution in [3.05, 3.63) is 49.3 Å². The Bertz CT molecular complexity index is 1040. The Balaban J connectivity index is 1.43. The van der Waals surface area contributed by atoms with Gasteiger partial charge in [0.05, 0.1) is 5.92 Å². The maximum Gasteiger partial charge on any atom is 0.229 e. The summed E-state index contributed by atoms with van der Waals surface area (Å²) >= 11 is 0. The molecule has 10 nitrogen and oxygen atoms in total. The first-order valence-electron chi connectivity index (χ1n) is 9.69. The summed E-state index contributed by atoms with van der Waals surface area (Å²) in [5.74, 6) is 0.995. The monoisotopic (exact) mass is 406 g/mol. The maximum absolute atomic E-state index is 12.9. The summed E-state index contributed by atoms with van der Waals surface area (Å²) in [4.78, 5) is 38.7. The molecular formula is C20H22N8O2. The fourth-order valence-corrected chi connectivity index (χ4v) is 3.48. The van der Waals surface area contributed by atoms with E-state index in [1.807, 2.05) is 6.07 Å². The van der Waals surface area contributed by atoms with Gasteiger partial charge < -0.3 is 15.5 Å². The smallest absolute Gasteiger partial charge is 0.229 e. The quantitative estimate of drug-likeness (QED) is 0.664. The summed E-state index contributed by atoms with van der Waals surface area (Å²) in [6.45, 7) is 2.82. The van der Waals surface area contributed by atoms with Crippen molar-refractivity contribution in [2.45, 2.75) is 19.8 Å². The van der Waals surface area contributed by atoms with Crippen molar-refractivity contribution in [1.82, 2.24) is 24.7 Å². The molecule has 3 aromatic rings. The highest BCUT2D eigenvalue weighted by Gasteiger charge is 2.27. The first-order valence-corrected chi connectivity index (χ1v) is 9.69. The predicted octanol–water partition coefficient (Wildman–Crippen LogP) is 1.87. The SMILES string of the molecule is CC(=O)Nc1cccc(NC(=O)C2CCCN(c3cc(-n4cncn4)ncn3)C2)c1. The zero-order chi connectivity index (χ0) is 20.9. The number of hydrogen-bond donors (Lipinski definition) is 2. The molecule has 1 fully saturated rings. The van der Waals surface area contributed by atoms with Gasteiger partial charge >= 0.3 is 0 Å². The number of amides is 2. The van der Waals surface area contributed by atoms with Crippen molar-refractivity contribution in [1.29, 1.82) is 0 Å². The molecule has 10 heteroatoms. The number of piperidine rings is 1. The lowest BCUT2D eigenvalue weighted by atomic mass is 9.97. The third-order valence-corrected chi connectivity index (χ3v) is 4.86. The molecule has 0 saturated carbocycles. The van der Waals surface area contributed by atoms with Crippen molar-refractivity contribution in [2.75, 3.05) is 28.6 Å². The van der Waals surface area contributed by atoms with Gasteiger partial charge in [0, 0.05) is 37.5 Å². The van der Waals surface area contributed by atoms with E-state index in [9.17, 15) is 9.59 Å². The standard InChI is InChI=1S/C20H22N8O2/c1-14(29)25-16-5-2-6-17(8-16)26-20(30)15-4-3-7-27(10-15)18-9-19(23-12-22-18)28-13-21-11-24-28/h2,5-6,8-9,11-13,15H,3-4,7,10H2,1H3,(H,25,29)(H,26,30). The second-order valence-electron chi connectivity index (χ2n) is 7.11. The van der Waals surface area contributed by atoms with Crippen molar-refractivity contribution >= 4 is 29.0 Å². The van der Waals surface area contributed by atoms with Crippen LogP contribution in [0.3, 0.4) is 0 Å². The molecule has 0 spiro atoms. The summed E-state index contributed by atoms with van der Waals surface area (Å²) in [7, 11) is 0. The molecule has 2 amide bonds. The molecule has 1 aromatic carbocycles. The molecule has 1 atom stereocenters. The van der Waals surface area contributed by atoms with Gasteiger partial charge in [0.15, 0.2) is 5.82 Å². The molecule has 2 N–H and O–H groups in total. The van der Waals surface area contributed by atoms with Gasteiger partial charge in [-0.3, -0.25) is 9.59 Å². The van der Waals surface area contributed by atoms with Crippen LogP contribution in [0, 0.1) is 5.92 Å². The van der Waals surface area contributed by atoms with Crippen LogP contribution in [0.25, 0.3) is 5.82 Å². The van der Waals surface area contributed by atoms with Crippen LogP contribution < -0.4 is 15.5 Å². The maximum atomic E-state index is 12.9. The first kappa shape index (κ1) is 19.5. The highest BCUT2D eigenvalue weighted by atomic mass is 16.2. The molecule has 3 heterocycles. The van der Waals surface area contributed by atoms with Crippen LogP contribution in [-0.2, 0) is 9.59 Å². The minimum atomic E-state index is -0.173. The lowest BCUT2D eigenvalue weighted by molar-refractivity contribution is -0.120. The molecule has 1 aliphatic rings. The van der Waals surface area contributed by atoms with Gasteiger partial charge in [0.25, 0.3) is 0 Å². The van der Waals surface area contributed by atoms with Crippen LogP contribution in [0.4, 0.5) is 17.2 Å². The first-order chi connectivity index (χ1) is 14.6. The van der Waals surface area contributed by atoms with Gasteiger partial charge in [-0.05, 0) is 31.0 Å². The molecule has 0 bridgehead atoms. The van der Waals surface area contributed by atoms with E-state index in [-0.39, 0.29) is 17.7 Å². The van der Waals surface area contributed by atoms with Crippen LogP contribution in [0.5, 0.6) is 0 Å². The fourth-order valence-electron chi connectivity index (χ4n) is 3.48. The Morgan fingerprint density at radius 1 is 1.07 bits per heavy atom. The van der Waals surface area contributed by atoms with E-state index in [1.165, 1.54) is 19.6 Å². The van der Waals surface area contributed by atoms with E-state index in [2.05, 4.69) is 35.6 Å². The highest BCUT2D eigenvalue weighted by molar-refractivity contribution is 5.94. The van der Waals surface area contributed by atoms with E-state index in [4.69, 9.17) is 0 Å². The number of benzene rings is 1. The molecule has 154 valence electrons. The Morgan fingerprint density at radius 3 is 2.63 bits per heavy atom.